The first-order valence-corrected chi connectivity index (χ1v) is 5.92. The van der Waals surface area contributed by atoms with Crippen molar-refractivity contribution >= 4 is 24.0 Å². The first-order chi connectivity index (χ1) is 8.15. The molecule has 1 amide bonds. The summed E-state index contributed by atoms with van der Waals surface area (Å²) in [6, 6.07) is 4.82. The second kappa shape index (κ2) is 6.71. The summed E-state index contributed by atoms with van der Waals surface area (Å²) in [5.74, 6) is -0.104. The zero-order valence-electron chi connectivity index (χ0n) is 10.3. The molecular weight excluding hydrogens is 255 g/mol. The summed E-state index contributed by atoms with van der Waals surface area (Å²) in [7, 11) is 0. The number of carbonyl (C=O) groups is 1. The third kappa shape index (κ3) is 3.96. The fourth-order valence-corrected chi connectivity index (χ4v) is 2.07. The number of hydrogen-bond donors (Lipinski definition) is 2. The van der Waals surface area contributed by atoms with Crippen LogP contribution >= 0.6 is 12.4 Å². The SMILES string of the molecule is Cc1ccc(NC(=O)CC2CCNC2)c(F)c1.Cl. The number of carbonyl (C=O) groups excluding carboxylic acids is 1. The maximum absolute atomic E-state index is 13.5. The molecule has 1 unspecified atom stereocenters. The van der Waals surface area contributed by atoms with E-state index in [0.717, 1.165) is 25.1 Å². The lowest BCUT2D eigenvalue weighted by Gasteiger charge is -2.10. The predicted molar refractivity (Wildman–Crippen MR) is 72.6 cm³/mol. The van der Waals surface area contributed by atoms with Crippen molar-refractivity contribution in [3.05, 3.63) is 29.6 Å². The van der Waals surface area contributed by atoms with Crippen LogP contribution in [0.15, 0.2) is 18.2 Å². The van der Waals surface area contributed by atoms with Crippen molar-refractivity contribution in [3.63, 3.8) is 0 Å². The van der Waals surface area contributed by atoms with E-state index in [1.807, 2.05) is 6.92 Å². The number of amides is 1. The van der Waals surface area contributed by atoms with Crippen LogP contribution in [0.1, 0.15) is 18.4 Å². The lowest BCUT2D eigenvalue weighted by atomic mass is 10.0. The Bertz CT molecular complexity index is 419. The van der Waals surface area contributed by atoms with Gasteiger partial charge in [0.15, 0.2) is 0 Å². The molecule has 0 aliphatic carbocycles. The Labute approximate surface area is 113 Å². The van der Waals surface area contributed by atoms with Crippen LogP contribution in [0.2, 0.25) is 0 Å². The first-order valence-electron chi connectivity index (χ1n) is 5.92. The topological polar surface area (TPSA) is 41.1 Å². The van der Waals surface area contributed by atoms with Crippen LogP contribution in [0.3, 0.4) is 0 Å². The number of benzene rings is 1. The van der Waals surface area contributed by atoms with E-state index < -0.39 is 0 Å². The Morgan fingerprint density at radius 3 is 2.94 bits per heavy atom. The highest BCUT2D eigenvalue weighted by atomic mass is 35.5. The molecule has 2 rings (SSSR count). The molecule has 0 saturated carbocycles. The Morgan fingerprint density at radius 2 is 2.33 bits per heavy atom. The molecule has 2 N–H and O–H groups in total. The zero-order chi connectivity index (χ0) is 12.3. The van der Waals surface area contributed by atoms with Gasteiger partial charge in [-0.2, -0.15) is 0 Å². The minimum absolute atomic E-state index is 0. The van der Waals surface area contributed by atoms with Crippen molar-refractivity contribution in [2.75, 3.05) is 18.4 Å². The summed E-state index contributed by atoms with van der Waals surface area (Å²) in [4.78, 5) is 11.7. The second-order valence-electron chi connectivity index (χ2n) is 4.59. The van der Waals surface area contributed by atoms with Crippen LogP contribution in [-0.2, 0) is 4.79 Å². The number of nitrogens with one attached hydrogen (secondary N) is 2. The number of hydrogen-bond acceptors (Lipinski definition) is 2. The second-order valence-corrected chi connectivity index (χ2v) is 4.59. The summed E-state index contributed by atoms with van der Waals surface area (Å²) >= 11 is 0. The molecule has 1 atom stereocenters. The van der Waals surface area contributed by atoms with E-state index in [1.54, 1.807) is 12.1 Å². The fraction of sp³-hybridized carbons (Fsp3) is 0.462. The van der Waals surface area contributed by atoms with Gasteiger partial charge in [-0.1, -0.05) is 6.07 Å². The first kappa shape index (κ1) is 14.9. The molecule has 1 heterocycles. The van der Waals surface area contributed by atoms with Gasteiger partial charge < -0.3 is 10.6 Å². The molecule has 1 aliphatic heterocycles. The Hall–Kier alpha value is -1.13. The molecule has 1 saturated heterocycles. The lowest BCUT2D eigenvalue weighted by molar-refractivity contribution is -0.117. The van der Waals surface area contributed by atoms with E-state index in [9.17, 15) is 9.18 Å². The van der Waals surface area contributed by atoms with Gasteiger partial charge >= 0.3 is 0 Å². The highest BCUT2D eigenvalue weighted by molar-refractivity contribution is 5.91. The van der Waals surface area contributed by atoms with Crippen LogP contribution in [0.5, 0.6) is 0 Å². The molecule has 0 spiro atoms. The van der Waals surface area contributed by atoms with Crippen LogP contribution in [0, 0.1) is 18.7 Å². The van der Waals surface area contributed by atoms with E-state index in [2.05, 4.69) is 10.6 Å². The standard InChI is InChI=1S/C13H17FN2O.ClH/c1-9-2-3-12(11(14)6-9)16-13(17)7-10-4-5-15-8-10;/h2-3,6,10,15H,4-5,7-8H2,1H3,(H,16,17);1H. The number of halogens is 2. The van der Waals surface area contributed by atoms with Gasteiger partial charge in [0, 0.05) is 6.42 Å². The molecule has 0 radical (unpaired) electrons. The molecule has 1 fully saturated rings. The molecule has 1 aliphatic rings. The van der Waals surface area contributed by atoms with E-state index in [0.29, 0.717) is 12.3 Å². The third-order valence-electron chi connectivity index (χ3n) is 3.04. The fourth-order valence-electron chi connectivity index (χ4n) is 2.07. The van der Waals surface area contributed by atoms with Gasteiger partial charge in [0.2, 0.25) is 5.91 Å². The van der Waals surface area contributed by atoms with Gasteiger partial charge in [0.25, 0.3) is 0 Å². The molecule has 0 bridgehead atoms. The van der Waals surface area contributed by atoms with E-state index in [1.165, 1.54) is 6.07 Å². The molecule has 5 heteroatoms. The third-order valence-corrected chi connectivity index (χ3v) is 3.04. The van der Waals surface area contributed by atoms with E-state index in [-0.39, 0.29) is 29.8 Å². The van der Waals surface area contributed by atoms with Crippen molar-refractivity contribution in [1.29, 1.82) is 0 Å². The maximum Gasteiger partial charge on any atom is 0.224 e. The average Bonchev–Trinajstić information content (AvgIpc) is 2.75. The van der Waals surface area contributed by atoms with Crippen LogP contribution < -0.4 is 10.6 Å². The number of aryl methyl sites for hydroxylation is 1. The minimum Gasteiger partial charge on any atom is -0.324 e. The highest BCUT2D eigenvalue weighted by Gasteiger charge is 2.18. The molecule has 1 aromatic rings. The minimum atomic E-state index is -0.372. The predicted octanol–water partition coefficient (Wildman–Crippen LogP) is 2.49. The van der Waals surface area contributed by atoms with Gasteiger partial charge in [-0.05, 0) is 50.0 Å². The van der Waals surface area contributed by atoms with E-state index >= 15 is 0 Å². The monoisotopic (exact) mass is 272 g/mol. The van der Waals surface area contributed by atoms with Crippen molar-refractivity contribution < 1.29 is 9.18 Å². The van der Waals surface area contributed by atoms with Crippen LogP contribution in [-0.4, -0.2) is 19.0 Å². The molecular formula is C13H18ClFN2O. The molecule has 100 valence electrons. The molecule has 18 heavy (non-hydrogen) atoms. The Morgan fingerprint density at radius 1 is 1.56 bits per heavy atom. The van der Waals surface area contributed by atoms with Gasteiger partial charge in [0.05, 0.1) is 5.69 Å². The van der Waals surface area contributed by atoms with Crippen molar-refractivity contribution in [2.45, 2.75) is 19.8 Å². The summed E-state index contributed by atoms with van der Waals surface area (Å²) in [5.41, 5.74) is 1.12. The van der Waals surface area contributed by atoms with Crippen LogP contribution in [0.25, 0.3) is 0 Å². The summed E-state index contributed by atoms with van der Waals surface area (Å²) in [5, 5.41) is 5.83. The zero-order valence-corrected chi connectivity index (χ0v) is 11.1. The lowest BCUT2D eigenvalue weighted by Crippen LogP contribution is -2.18. The Kier molecular flexibility index (Phi) is 5.56. The van der Waals surface area contributed by atoms with Crippen molar-refractivity contribution in [3.8, 4) is 0 Å². The van der Waals surface area contributed by atoms with Gasteiger partial charge in [-0.15, -0.1) is 12.4 Å². The summed E-state index contributed by atoms with van der Waals surface area (Å²) < 4.78 is 13.5. The van der Waals surface area contributed by atoms with Crippen LogP contribution in [0.4, 0.5) is 10.1 Å². The molecule has 3 nitrogen and oxygen atoms in total. The largest absolute Gasteiger partial charge is 0.324 e. The van der Waals surface area contributed by atoms with Crippen molar-refractivity contribution in [1.82, 2.24) is 5.32 Å². The van der Waals surface area contributed by atoms with Gasteiger partial charge in [-0.25, -0.2) is 4.39 Å². The summed E-state index contributed by atoms with van der Waals surface area (Å²) in [6.07, 6.45) is 1.48. The van der Waals surface area contributed by atoms with Gasteiger partial charge in [0.1, 0.15) is 5.82 Å². The van der Waals surface area contributed by atoms with E-state index in [4.69, 9.17) is 0 Å². The highest BCUT2D eigenvalue weighted by Crippen LogP contribution is 2.17. The maximum atomic E-state index is 13.5. The average molecular weight is 273 g/mol. The molecule has 1 aromatic carbocycles. The van der Waals surface area contributed by atoms with Gasteiger partial charge in [-0.3, -0.25) is 4.79 Å². The number of anilines is 1. The number of rotatable bonds is 3. The van der Waals surface area contributed by atoms with Crippen molar-refractivity contribution in [2.24, 2.45) is 5.92 Å². The summed E-state index contributed by atoms with van der Waals surface area (Å²) in [6.45, 7) is 3.67. The normalized spacial score (nSPS) is 18.2. The quantitative estimate of drug-likeness (QED) is 0.888. The Balaban J connectivity index is 0.00000162. The molecule has 0 aromatic heterocycles. The smallest absolute Gasteiger partial charge is 0.224 e.